The average Bonchev–Trinajstić information content (AvgIpc) is 3.00. The van der Waals surface area contributed by atoms with Crippen molar-refractivity contribution in [3.05, 3.63) is 24.3 Å². The fraction of sp³-hybridized carbons (Fsp3) is 0.846. The van der Waals surface area contributed by atoms with Crippen molar-refractivity contribution in [3.63, 3.8) is 0 Å². The summed E-state index contributed by atoms with van der Waals surface area (Å²) >= 11 is 0. The monoisotopic (exact) mass is 603 g/mol. The molecular formula is C39H74N2O2. The first-order valence-electron chi connectivity index (χ1n) is 19.0. The van der Waals surface area contributed by atoms with Gasteiger partial charge in [0.1, 0.15) is 0 Å². The summed E-state index contributed by atoms with van der Waals surface area (Å²) < 4.78 is 0. The Kier molecular flexibility index (Phi) is 35.3. The molecule has 43 heavy (non-hydrogen) atoms. The lowest BCUT2D eigenvalue weighted by molar-refractivity contribution is -0.121. The molecule has 2 amide bonds. The van der Waals surface area contributed by atoms with Crippen LogP contribution in [0.2, 0.25) is 0 Å². The summed E-state index contributed by atoms with van der Waals surface area (Å²) in [6.07, 6.45) is 44.6. The van der Waals surface area contributed by atoms with E-state index in [1.54, 1.807) is 0 Å². The van der Waals surface area contributed by atoms with Gasteiger partial charge in [0.15, 0.2) is 0 Å². The highest BCUT2D eigenvalue weighted by molar-refractivity contribution is 5.76. The molecular weight excluding hydrogens is 528 g/mol. The van der Waals surface area contributed by atoms with E-state index in [4.69, 9.17) is 0 Å². The molecule has 252 valence electrons. The highest BCUT2D eigenvalue weighted by Gasteiger charge is 2.03. The summed E-state index contributed by atoms with van der Waals surface area (Å²) in [6.45, 7) is 5.84. The van der Waals surface area contributed by atoms with Crippen molar-refractivity contribution in [2.24, 2.45) is 0 Å². The minimum Gasteiger partial charge on any atom is -0.356 e. The number of carbonyl (C=O) groups excluding carboxylic acids is 2. The number of nitrogens with one attached hydrogen (secondary N) is 2. The van der Waals surface area contributed by atoms with Gasteiger partial charge in [-0.15, -0.1) is 0 Å². The van der Waals surface area contributed by atoms with Gasteiger partial charge in [-0.3, -0.25) is 9.59 Å². The highest BCUT2D eigenvalue weighted by atomic mass is 16.2. The molecule has 0 bridgehead atoms. The van der Waals surface area contributed by atoms with Crippen LogP contribution < -0.4 is 10.6 Å². The first-order chi connectivity index (χ1) is 21.2. The fourth-order valence-electron chi connectivity index (χ4n) is 5.43. The van der Waals surface area contributed by atoms with Crippen LogP contribution in [-0.4, -0.2) is 24.9 Å². The molecule has 0 saturated heterocycles. The Morgan fingerprint density at radius 2 is 0.651 bits per heavy atom. The van der Waals surface area contributed by atoms with E-state index in [2.05, 4.69) is 48.8 Å². The Balaban J connectivity index is 3.33. The lowest BCUT2D eigenvalue weighted by atomic mass is 10.1. The van der Waals surface area contributed by atoms with Crippen LogP contribution >= 0.6 is 0 Å². The van der Waals surface area contributed by atoms with Gasteiger partial charge in [-0.25, -0.2) is 0 Å². The van der Waals surface area contributed by atoms with Crippen molar-refractivity contribution in [2.75, 3.05) is 13.1 Å². The van der Waals surface area contributed by atoms with E-state index in [1.807, 2.05) is 0 Å². The van der Waals surface area contributed by atoms with Crippen molar-refractivity contribution in [1.82, 2.24) is 10.6 Å². The van der Waals surface area contributed by atoms with Crippen LogP contribution in [0.5, 0.6) is 0 Å². The van der Waals surface area contributed by atoms with E-state index >= 15 is 0 Å². The van der Waals surface area contributed by atoms with E-state index in [0.717, 1.165) is 32.1 Å². The molecule has 0 rings (SSSR count). The Hall–Kier alpha value is -1.58. The topological polar surface area (TPSA) is 58.2 Å². The molecule has 0 atom stereocenters. The second kappa shape index (κ2) is 36.6. The maximum atomic E-state index is 12.0. The largest absolute Gasteiger partial charge is 0.356 e. The molecule has 0 aromatic rings. The number of unbranched alkanes of at least 4 members (excludes halogenated alkanes) is 22. The molecule has 0 fully saturated rings. The lowest BCUT2D eigenvalue weighted by Gasteiger charge is -2.07. The van der Waals surface area contributed by atoms with Gasteiger partial charge in [-0.1, -0.05) is 141 Å². The van der Waals surface area contributed by atoms with Crippen molar-refractivity contribution in [2.45, 2.75) is 200 Å². The van der Waals surface area contributed by atoms with Gasteiger partial charge < -0.3 is 10.6 Å². The molecule has 0 radical (unpaired) electrons. The number of rotatable bonds is 34. The molecule has 0 aliphatic heterocycles. The van der Waals surface area contributed by atoms with Gasteiger partial charge in [-0.05, 0) is 70.6 Å². The number of carbonyl (C=O) groups is 2. The molecule has 0 heterocycles. The van der Waals surface area contributed by atoms with Crippen LogP contribution in [0.4, 0.5) is 0 Å². The SMILES string of the molecule is CCCCCCCC/C=C/CCCCCCCC(=O)NCCCNC(=O)CCCCCCC/C=C/CCCCCCCC. The minimum absolute atomic E-state index is 0.150. The fourth-order valence-corrected chi connectivity index (χ4v) is 5.43. The summed E-state index contributed by atoms with van der Waals surface area (Å²) in [4.78, 5) is 24.1. The van der Waals surface area contributed by atoms with Crippen LogP contribution in [0.1, 0.15) is 200 Å². The Morgan fingerprint density at radius 3 is 0.977 bits per heavy atom. The molecule has 0 saturated carbocycles. The normalized spacial score (nSPS) is 11.6. The predicted molar refractivity (Wildman–Crippen MR) is 190 cm³/mol. The lowest BCUT2D eigenvalue weighted by Crippen LogP contribution is -2.29. The van der Waals surface area contributed by atoms with E-state index in [1.165, 1.54) is 141 Å². The van der Waals surface area contributed by atoms with Gasteiger partial charge >= 0.3 is 0 Å². The Labute approximate surface area is 269 Å². The zero-order valence-corrected chi connectivity index (χ0v) is 29.0. The molecule has 0 unspecified atom stereocenters. The minimum atomic E-state index is 0.150. The Bertz CT molecular complexity index is 589. The number of hydrogen-bond donors (Lipinski definition) is 2. The number of hydrogen-bond acceptors (Lipinski definition) is 2. The van der Waals surface area contributed by atoms with Crippen LogP contribution in [0.3, 0.4) is 0 Å². The average molecular weight is 603 g/mol. The van der Waals surface area contributed by atoms with Gasteiger partial charge in [0.2, 0.25) is 11.8 Å². The van der Waals surface area contributed by atoms with Crippen LogP contribution in [0.15, 0.2) is 24.3 Å². The quantitative estimate of drug-likeness (QED) is 0.0568. The first kappa shape index (κ1) is 41.4. The molecule has 4 nitrogen and oxygen atoms in total. The number of amides is 2. The van der Waals surface area contributed by atoms with Crippen molar-refractivity contribution >= 4 is 11.8 Å². The van der Waals surface area contributed by atoms with E-state index in [9.17, 15) is 9.59 Å². The molecule has 0 aromatic heterocycles. The maximum Gasteiger partial charge on any atom is 0.219 e. The first-order valence-corrected chi connectivity index (χ1v) is 19.0. The predicted octanol–water partition coefficient (Wildman–Crippen LogP) is 11.7. The van der Waals surface area contributed by atoms with E-state index in [0.29, 0.717) is 25.9 Å². The van der Waals surface area contributed by atoms with Crippen molar-refractivity contribution < 1.29 is 9.59 Å². The standard InChI is InChI=1S/C39H74N2O2/c1-3-5-7-9-11-13-15-17-19-21-23-25-27-29-31-34-38(42)40-36-33-37-41-39(43)35-32-30-28-26-24-22-20-18-16-14-12-10-8-6-4-2/h17-20H,3-16,21-37H2,1-2H3,(H,40,42)(H,41,43)/b19-17+,20-18+. The van der Waals surface area contributed by atoms with Crippen molar-refractivity contribution in [1.29, 1.82) is 0 Å². The zero-order valence-electron chi connectivity index (χ0n) is 29.0. The maximum absolute atomic E-state index is 12.0. The highest BCUT2D eigenvalue weighted by Crippen LogP contribution is 2.11. The van der Waals surface area contributed by atoms with Crippen LogP contribution in [-0.2, 0) is 9.59 Å². The third-order valence-electron chi connectivity index (χ3n) is 8.33. The van der Waals surface area contributed by atoms with Crippen molar-refractivity contribution in [3.8, 4) is 0 Å². The molecule has 4 heteroatoms. The summed E-state index contributed by atoms with van der Waals surface area (Å²) in [5.41, 5.74) is 0. The molecule has 0 spiro atoms. The molecule has 2 N–H and O–H groups in total. The van der Waals surface area contributed by atoms with E-state index in [-0.39, 0.29) is 11.8 Å². The third kappa shape index (κ3) is 36.5. The zero-order chi connectivity index (χ0) is 31.3. The van der Waals surface area contributed by atoms with Crippen LogP contribution in [0.25, 0.3) is 0 Å². The second-order valence-corrected chi connectivity index (χ2v) is 12.7. The Morgan fingerprint density at radius 1 is 0.372 bits per heavy atom. The summed E-state index contributed by atoms with van der Waals surface area (Å²) in [6, 6.07) is 0. The van der Waals surface area contributed by atoms with E-state index < -0.39 is 0 Å². The molecule has 0 aromatic carbocycles. The molecule has 0 aliphatic carbocycles. The van der Waals surface area contributed by atoms with Gasteiger partial charge in [-0.2, -0.15) is 0 Å². The third-order valence-corrected chi connectivity index (χ3v) is 8.33. The second-order valence-electron chi connectivity index (χ2n) is 12.7. The van der Waals surface area contributed by atoms with Gasteiger partial charge in [0.05, 0.1) is 0 Å². The van der Waals surface area contributed by atoms with Gasteiger partial charge in [0.25, 0.3) is 0 Å². The molecule has 0 aliphatic rings. The van der Waals surface area contributed by atoms with Gasteiger partial charge in [0, 0.05) is 25.9 Å². The van der Waals surface area contributed by atoms with Crippen LogP contribution in [0, 0.1) is 0 Å². The summed E-state index contributed by atoms with van der Waals surface area (Å²) in [7, 11) is 0. The summed E-state index contributed by atoms with van der Waals surface area (Å²) in [5, 5.41) is 6.00. The smallest absolute Gasteiger partial charge is 0.219 e. The summed E-state index contributed by atoms with van der Waals surface area (Å²) in [5.74, 6) is 0.300. The number of allylic oxidation sites excluding steroid dienone is 4.